The lowest BCUT2D eigenvalue weighted by Crippen LogP contribution is -2.44. The van der Waals surface area contributed by atoms with Gasteiger partial charge in [-0.2, -0.15) is 0 Å². The molecule has 1 unspecified atom stereocenters. The molecule has 0 aliphatic carbocycles. The highest BCUT2D eigenvalue weighted by molar-refractivity contribution is 7.89. The highest BCUT2D eigenvalue weighted by Crippen LogP contribution is 2.22. The van der Waals surface area contributed by atoms with Crippen molar-refractivity contribution in [2.24, 2.45) is 5.92 Å². The molecular weight excluding hydrogens is 307 g/mol. The number of hydrogen-bond acceptors (Lipinski definition) is 3. The normalized spacial score (nSPS) is 19.8. The molecule has 1 aromatic rings. The van der Waals surface area contributed by atoms with Crippen LogP contribution in [0.5, 0.6) is 0 Å². The van der Waals surface area contributed by atoms with Crippen molar-refractivity contribution in [1.82, 2.24) is 4.31 Å². The number of hydrogen-bond donors (Lipinski definition) is 1. The van der Waals surface area contributed by atoms with Crippen LogP contribution in [0.4, 0.5) is 10.1 Å². The van der Waals surface area contributed by atoms with Crippen LogP contribution < -0.4 is 5.32 Å². The van der Waals surface area contributed by atoms with Gasteiger partial charge in [-0.1, -0.05) is 19.1 Å². The van der Waals surface area contributed by atoms with Crippen molar-refractivity contribution in [3.63, 3.8) is 0 Å². The molecule has 0 aromatic heterocycles. The van der Waals surface area contributed by atoms with Crippen LogP contribution in [-0.2, 0) is 14.8 Å². The van der Waals surface area contributed by atoms with E-state index in [-0.39, 0.29) is 23.9 Å². The van der Waals surface area contributed by atoms with Crippen molar-refractivity contribution >= 4 is 21.6 Å². The number of halogens is 1. The van der Waals surface area contributed by atoms with Gasteiger partial charge in [-0.25, -0.2) is 17.1 Å². The number of nitrogens with zero attached hydrogens (tertiary/aromatic N) is 1. The van der Waals surface area contributed by atoms with Crippen LogP contribution in [0.3, 0.4) is 0 Å². The molecular formula is C15H21FN2O3S. The summed E-state index contributed by atoms with van der Waals surface area (Å²) in [6.07, 6.45) is 1.79. The Bertz CT molecular complexity index is 633. The lowest BCUT2D eigenvalue weighted by molar-refractivity contribution is -0.120. The van der Waals surface area contributed by atoms with Crippen LogP contribution >= 0.6 is 0 Å². The van der Waals surface area contributed by atoms with E-state index in [1.165, 1.54) is 16.4 Å². The van der Waals surface area contributed by atoms with Crippen molar-refractivity contribution in [2.45, 2.75) is 26.2 Å². The van der Waals surface area contributed by atoms with Crippen LogP contribution in [-0.4, -0.2) is 37.5 Å². The number of sulfonamides is 1. The number of anilines is 1. The predicted molar refractivity (Wildman–Crippen MR) is 83.4 cm³/mol. The minimum absolute atomic E-state index is 0.0919. The minimum Gasteiger partial charge on any atom is -0.323 e. The summed E-state index contributed by atoms with van der Waals surface area (Å²) in [5.41, 5.74) is 0.126. The summed E-state index contributed by atoms with van der Waals surface area (Å²) in [6, 6.07) is 5.94. The van der Waals surface area contributed by atoms with E-state index in [4.69, 9.17) is 0 Å². The Morgan fingerprint density at radius 2 is 2.14 bits per heavy atom. The summed E-state index contributed by atoms with van der Waals surface area (Å²) >= 11 is 0. The van der Waals surface area contributed by atoms with Crippen LogP contribution in [0, 0.1) is 11.7 Å². The van der Waals surface area contributed by atoms with Gasteiger partial charge in [-0.3, -0.25) is 4.79 Å². The highest BCUT2D eigenvalue weighted by Gasteiger charge is 2.32. The van der Waals surface area contributed by atoms with E-state index in [0.29, 0.717) is 25.8 Å². The number of piperidine rings is 1. The summed E-state index contributed by atoms with van der Waals surface area (Å²) < 4.78 is 39.1. The average molecular weight is 328 g/mol. The Hall–Kier alpha value is -1.47. The Morgan fingerprint density at radius 1 is 1.41 bits per heavy atom. The summed E-state index contributed by atoms with van der Waals surface area (Å²) in [6.45, 7) is 2.43. The van der Waals surface area contributed by atoms with Crippen LogP contribution in [0.15, 0.2) is 24.3 Å². The number of benzene rings is 1. The number of carbonyl (C=O) groups is 1. The second-order valence-electron chi connectivity index (χ2n) is 5.48. The molecule has 22 heavy (non-hydrogen) atoms. The molecule has 0 spiro atoms. The Kier molecular flexibility index (Phi) is 5.52. The molecule has 1 N–H and O–H groups in total. The van der Waals surface area contributed by atoms with Crippen LogP contribution in [0.25, 0.3) is 0 Å². The van der Waals surface area contributed by atoms with Crippen molar-refractivity contribution in [2.75, 3.05) is 24.2 Å². The van der Waals surface area contributed by atoms with Gasteiger partial charge >= 0.3 is 0 Å². The third-order valence-electron chi connectivity index (χ3n) is 3.74. The van der Waals surface area contributed by atoms with E-state index in [0.717, 1.165) is 0 Å². The maximum Gasteiger partial charge on any atom is 0.228 e. The molecule has 2 rings (SSSR count). The first kappa shape index (κ1) is 16.9. The molecule has 1 aromatic carbocycles. The lowest BCUT2D eigenvalue weighted by Gasteiger charge is -2.31. The smallest absolute Gasteiger partial charge is 0.228 e. The van der Waals surface area contributed by atoms with Crippen LogP contribution in [0.2, 0.25) is 0 Å². The minimum atomic E-state index is -3.30. The molecule has 1 aliphatic heterocycles. The molecule has 122 valence electrons. The highest BCUT2D eigenvalue weighted by atomic mass is 32.2. The molecule has 0 bridgehead atoms. The summed E-state index contributed by atoms with van der Waals surface area (Å²) in [5.74, 6) is -1.18. The van der Waals surface area contributed by atoms with Crippen molar-refractivity contribution in [3.05, 3.63) is 30.1 Å². The molecule has 1 aliphatic rings. The molecule has 1 saturated heterocycles. The van der Waals surface area contributed by atoms with Gasteiger partial charge in [0.1, 0.15) is 5.82 Å². The second-order valence-corrected chi connectivity index (χ2v) is 7.57. The zero-order chi connectivity index (χ0) is 16.2. The van der Waals surface area contributed by atoms with Crippen molar-refractivity contribution in [1.29, 1.82) is 0 Å². The van der Waals surface area contributed by atoms with Crippen molar-refractivity contribution in [3.8, 4) is 0 Å². The standard InChI is InChI=1S/C15H21FN2O3S/c1-2-10-22(20,21)18-9-5-6-12(11-18)15(19)17-14-8-4-3-7-13(14)16/h3-4,7-8,12H,2,5-6,9-11H2,1H3,(H,17,19). The van der Waals surface area contributed by atoms with E-state index >= 15 is 0 Å². The summed E-state index contributed by atoms with van der Waals surface area (Å²) in [7, 11) is -3.30. The van der Waals surface area contributed by atoms with Gasteiger partial charge in [-0.05, 0) is 31.4 Å². The van der Waals surface area contributed by atoms with Gasteiger partial charge in [0.05, 0.1) is 17.4 Å². The van der Waals surface area contributed by atoms with E-state index in [2.05, 4.69) is 5.32 Å². The van der Waals surface area contributed by atoms with E-state index in [9.17, 15) is 17.6 Å². The molecule has 7 heteroatoms. The SMILES string of the molecule is CCCS(=O)(=O)N1CCCC(C(=O)Nc2ccccc2F)C1. The Labute approximate surface area is 130 Å². The first-order valence-electron chi connectivity index (χ1n) is 7.47. The predicted octanol–water partition coefficient (Wildman–Crippen LogP) is 2.22. The molecule has 1 heterocycles. The van der Waals surface area contributed by atoms with Gasteiger partial charge in [0.2, 0.25) is 15.9 Å². The zero-order valence-corrected chi connectivity index (χ0v) is 13.4. The second kappa shape index (κ2) is 7.19. The Morgan fingerprint density at radius 3 is 2.82 bits per heavy atom. The monoisotopic (exact) mass is 328 g/mol. The number of para-hydroxylation sites is 1. The molecule has 1 fully saturated rings. The van der Waals surface area contributed by atoms with Gasteiger partial charge in [-0.15, -0.1) is 0 Å². The molecule has 1 atom stereocenters. The first-order chi connectivity index (χ1) is 10.4. The maximum absolute atomic E-state index is 13.6. The molecule has 1 amide bonds. The number of rotatable bonds is 5. The van der Waals surface area contributed by atoms with Gasteiger partial charge in [0, 0.05) is 13.1 Å². The fraction of sp³-hybridized carbons (Fsp3) is 0.533. The van der Waals surface area contributed by atoms with Crippen molar-refractivity contribution < 1.29 is 17.6 Å². The topological polar surface area (TPSA) is 66.5 Å². The van der Waals surface area contributed by atoms with Gasteiger partial charge in [0.15, 0.2) is 0 Å². The summed E-state index contributed by atoms with van der Waals surface area (Å²) in [5, 5.41) is 2.55. The van der Waals surface area contributed by atoms with Crippen LogP contribution in [0.1, 0.15) is 26.2 Å². The molecule has 5 nitrogen and oxygen atoms in total. The lowest BCUT2D eigenvalue weighted by atomic mass is 9.98. The first-order valence-corrected chi connectivity index (χ1v) is 9.08. The maximum atomic E-state index is 13.6. The fourth-order valence-electron chi connectivity index (χ4n) is 2.59. The number of carbonyl (C=O) groups excluding carboxylic acids is 1. The zero-order valence-electron chi connectivity index (χ0n) is 12.6. The largest absolute Gasteiger partial charge is 0.323 e. The number of nitrogens with one attached hydrogen (secondary N) is 1. The molecule has 0 saturated carbocycles. The van der Waals surface area contributed by atoms with Gasteiger partial charge in [0.25, 0.3) is 0 Å². The number of amides is 1. The Balaban J connectivity index is 2.03. The third-order valence-corrected chi connectivity index (χ3v) is 5.78. The average Bonchev–Trinajstić information content (AvgIpc) is 2.49. The third kappa shape index (κ3) is 4.04. The fourth-order valence-corrected chi connectivity index (χ4v) is 4.18. The van der Waals surface area contributed by atoms with Gasteiger partial charge < -0.3 is 5.32 Å². The van der Waals surface area contributed by atoms with E-state index in [1.54, 1.807) is 12.1 Å². The van der Waals surface area contributed by atoms with E-state index < -0.39 is 21.8 Å². The van der Waals surface area contributed by atoms with E-state index in [1.807, 2.05) is 6.92 Å². The quantitative estimate of drug-likeness (QED) is 0.901. The molecule has 0 radical (unpaired) electrons. The summed E-state index contributed by atoms with van der Waals surface area (Å²) in [4.78, 5) is 12.3.